The molecule has 4 nitrogen and oxygen atoms in total. The highest BCUT2D eigenvalue weighted by Crippen LogP contribution is 2.16. The number of aromatic nitrogens is 1. The number of hydrogen-bond acceptors (Lipinski definition) is 3. The maximum Gasteiger partial charge on any atom is 0.223 e. The molecule has 1 atom stereocenters. The van der Waals surface area contributed by atoms with Crippen LogP contribution in [0.1, 0.15) is 31.9 Å². The van der Waals surface area contributed by atoms with Gasteiger partial charge in [0.05, 0.1) is 0 Å². The van der Waals surface area contributed by atoms with E-state index in [9.17, 15) is 4.79 Å². The smallest absolute Gasteiger partial charge is 0.223 e. The van der Waals surface area contributed by atoms with E-state index in [4.69, 9.17) is 5.73 Å². The van der Waals surface area contributed by atoms with E-state index in [2.05, 4.69) is 4.98 Å². The normalized spacial score (nSPS) is 12.2. The molecule has 4 heteroatoms. The molecule has 0 fully saturated rings. The van der Waals surface area contributed by atoms with Gasteiger partial charge in [0.25, 0.3) is 0 Å². The number of nitrogens with zero attached hydrogens (tertiary/aromatic N) is 2. The predicted molar refractivity (Wildman–Crippen MR) is 68.6 cm³/mol. The van der Waals surface area contributed by atoms with Crippen LogP contribution in [0.3, 0.4) is 0 Å². The van der Waals surface area contributed by atoms with Crippen molar-refractivity contribution in [1.29, 1.82) is 0 Å². The lowest BCUT2D eigenvalue weighted by atomic mass is 10.00. The van der Waals surface area contributed by atoms with Gasteiger partial charge in [-0.15, -0.1) is 0 Å². The van der Waals surface area contributed by atoms with Crippen LogP contribution in [0.2, 0.25) is 0 Å². The van der Waals surface area contributed by atoms with E-state index in [1.165, 1.54) is 0 Å². The summed E-state index contributed by atoms with van der Waals surface area (Å²) >= 11 is 0. The summed E-state index contributed by atoms with van der Waals surface area (Å²) in [6, 6.07) is 5.71. The van der Waals surface area contributed by atoms with Gasteiger partial charge in [0, 0.05) is 43.9 Å². The monoisotopic (exact) mass is 235 g/mol. The molecule has 0 spiro atoms. The first-order valence-corrected chi connectivity index (χ1v) is 6.11. The van der Waals surface area contributed by atoms with Crippen molar-refractivity contribution in [2.45, 2.75) is 26.2 Å². The zero-order valence-electron chi connectivity index (χ0n) is 10.6. The Labute approximate surface area is 103 Å². The highest BCUT2D eigenvalue weighted by Gasteiger charge is 2.18. The van der Waals surface area contributed by atoms with Crippen molar-refractivity contribution in [2.75, 3.05) is 19.6 Å². The summed E-state index contributed by atoms with van der Waals surface area (Å²) in [6.45, 7) is 5.91. The second-order valence-corrected chi connectivity index (χ2v) is 3.96. The predicted octanol–water partition coefficient (Wildman–Crippen LogP) is 1.38. The first kappa shape index (κ1) is 13.6. The molecule has 1 heterocycles. The molecular formula is C13H21N3O. The van der Waals surface area contributed by atoms with Crippen LogP contribution in [-0.2, 0) is 4.79 Å². The second kappa shape index (κ2) is 7.01. The van der Waals surface area contributed by atoms with Crippen LogP contribution < -0.4 is 5.73 Å². The summed E-state index contributed by atoms with van der Waals surface area (Å²) in [6.07, 6.45) is 2.18. The van der Waals surface area contributed by atoms with Gasteiger partial charge >= 0.3 is 0 Å². The molecule has 1 unspecified atom stereocenters. The minimum Gasteiger partial charge on any atom is -0.343 e. The van der Waals surface area contributed by atoms with Gasteiger partial charge in [-0.2, -0.15) is 0 Å². The maximum absolute atomic E-state index is 12.0. The van der Waals surface area contributed by atoms with E-state index in [0.717, 1.165) is 18.8 Å². The zero-order valence-corrected chi connectivity index (χ0v) is 10.6. The Balaban J connectivity index is 2.68. The third-order valence-electron chi connectivity index (χ3n) is 2.93. The summed E-state index contributed by atoms with van der Waals surface area (Å²) in [5, 5.41) is 0. The first-order chi connectivity index (χ1) is 8.22. The summed E-state index contributed by atoms with van der Waals surface area (Å²) in [5.41, 5.74) is 6.62. The van der Waals surface area contributed by atoms with E-state index in [0.29, 0.717) is 13.0 Å². The molecule has 0 aliphatic carbocycles. The Morgan fingerprint density at radius 3 is 2.59 bits per heavy atom. The number of carbonyl (C=O) groups is 1. The molecule has 0 radical (unpaired) electrons. The second-order valence-electron chi connectivity index (χ2n) is 3.96. The topological polar surface area (TPSA) is 59.2 Å². The van der Waals surface area contributed by atoms with Gasteiger partial charge in [-0.3, -0.25) is 9.78 Å². The standard InChI is InChI=1S/C13H21N3O/c1-3-16(4-2)13(17)9-11(10-14)12-7-5-6-8-15-12/h5-8,11H,3-4,9-10,14H2,1-2H3. The van der Waals surface area contributed by atoms with Crippen LogP contribution in [0.25, 0.3) is 0 Å². The molecule has 2 N–H and O–H groups in total. The van der Waals surface area contributed by atoms with E-state index in [1.54, 1.807) is 6.20 Å². The molecule has 0 bridgehead atoms. The quantitative estimate of drug-likeness (QED) is 0.810. The fourth-order valence-electron chi connectivity index (χ4n) is 1.84. The largest absolute Gasteiger partial charge is 0.343 e. The molecule has 1 rings (SSSR count). The van der Waals surface area contributed by atoms with Crippen LogP contribution in [0.5, 0.6) is 0 Å². The van der Waals surface area contributed by atoms with Crippen LogP contribution in [-0.4, -0.2) is 35.4 Å². The Kier molecular flexibility index (Phi) is 5.63. The molecule has 17 heavy (non-hydrogen) atoms. The summed E-state index contributed by atoms with van der Waals surface area (Å²) < 4.78 is 0. The highest BCUT2D eigenvalue weighted by molar-refractivity contribution is 5.77. The van der Waals surface area contributed by atoms with Crippen molar-refractivity contribution in [2.24, 2.45) is 5.73 Å². The van der Waals surface area contributed by atoms with Gasteiger partial charge in [-0.25, -0.2) is 0 Å². The van der Waals surface area contributed by atoms with Gasteiger partial charge in [-0.1, -0.05) is 6.07 Å². The van der Waals surface area contributed by atoms with Crippen molar-refractivity contribution < 1.29 is 4.79 Å². The molecule has 0 aromatic carbocycles. The van der Waals surface area contributed by atoms with E-state index in [1.807, 2.05) is 36.9 Å². The molecule has 1 aromatic heterocycles. The lowest BCUT2D eigenvalue weighted by molar-refractivity contribution is -0.131. The molecule has 94 valence electrons. The summed E-state index contributed by atoms with van der Waals surface area (Å²) in [4.78, 5) is 18.1. The van der Waals surface area contributed by atoms with Crippen molar-refractivity contribution in [3.63, 3.8) is 0 Å². The van der Waals surface area contributed by atoms with Crippen LogP contribution in [0, 0.1) is 0 Å². The van der Waals surface area contributed by atoms with Crippen molar-refractivity contribution in [3.05, 3.63) is 30.1 Å². The summed E-state index contributed by atoms with van der Waals surface area (Å²) in [5.74, 6) is 0.167. The zero-order chi connectivity index (χ0) is 12.7. The molecule has 1 aromatic rings. The number of pyridine rings is 1. The summed E-state index contributed by atoms with van der Waals surface area (Å²) in [7, 11) is 0. The van der Waals surface area contributed by atoms with Crippen LogP contribution in [0.15, 0.2) is 24.4 Å². The van der Waals surface area contributed by atoms with Crippen molar-refractivity contribution in [1.82, 2.24) is 9.88 Å². The number of hydrogen-bond donors (Lipinski definition) is 1. The number of nitrogens with two attached hydrogens (primary N) is 1. The van der Waals surface area contributed by atoms with E-state index < -0.39 is 0 Å². The Morgan fingerprint density at radius 1 is 1.41 bits per heavy atom. The van der Waals surface area contributed by atoms with Crippen LogP contribution >= 0.6 is 0 Å². The van der Waals surface area contributed by atoms with E-state index in [-0.39, 0.29) is 11.8 Å². The molecule has 0 saturated heterocycles. The third-order valence-corrected chi connectivity index (χ3v) is 2.93. The lowest BCUT2D eigenvalue weighted by Crippen LogP contribution is -2.32. The lowest BCUT2D eigenvalue weighted by Gasteiger charge is -2.21. The molecule has 1 amide bonds. The number of rotatable bonds is 6. The molecule has 0 aliphatic heterocycles. The average Bonchev–Trinajstić information content (AvgIpc) is 2.38. The minimum atomic E-state index is 0.0179. The Morgan fingerprint density at radius 2 is 2.12 bits per heavy atom. The molecular weight excluding hydrogens is 214 g/mol. The number of amides is 1. The van der Waals surface area contributed by atoms with Crippen molar-refractivity contribution in [3.8, 4) is 0 Å². The fraction of sp³-hybridized carbons (Fsp3) is 0.538. The molecule has 0 aliphatic rings. The Bertz CT molecular complexity index is 336. The van der Waals surface area contributed by atoms with Gasteiger partial charge in [0.2, 0.25) is 5.91 Å². The van der Waals surface area contributed by atoms with Gasteiger partial charge in [0.15, 0.2) is 0 Å². The minimum absolute atomic E-state index is 0.0179. The SMILES string of the molecule is CCN(CC)C(=O)CC(CN)c1ccccn1. The maximum atomic E-state index is 12.0. The third kappa shape index (κ3) is 3.82. The van der Waals surface area contributed by atoms with E-state index >= 15 is 0 Å². The van der Waals surface area contributed by atoms with Crippen LogP contribution in [0.4, 0.5) is 0 Å². The van der Waals surface area contributed by atoms with Gasteiger partial charge < -0.3 is 10.6 Å². The number of carbonyl (C=O) groups excluding carboxylic acids is 1. The van der Waals surface area contributed by atoms with Gasteiger partial charge in [-0.05, 0) is 26.0 Å². The van der Waals surface area contributed by atoms with Crippen molar-refractivity contribution >= 4 is 5.91 Å². The fourth-order valence-corrected chi connectivity index (χ4v) is 1.84. The average molecular weight is 235 g/mol. The highest BCUT2D eigenvalue weighted by atomic mass is 16.2. The Hall–Kier alpha value is -1.42. The first-order valence-electron chi connectivity index (χ1n) is 6.11. The molecule has 0 saturated carbocycles. The van der Waals surface area contributed by atoms with Gasteiger partial charge in [0.1, 0.15) is 0 Å².